The third-order valence-corrected chi connectivity index (χ3v) is 5.19. The first-order valence-electron chi connectivity index (χ1n) is 10.8. The maximum Gasteiger partial charge on any atom is 0.154 e. The molecule has 1 heterocycles. The zero-order valence-electron chi connectivity index (χ0n) is 19.4. The van der Waals surface area contributed by atoms with E-state index in [1.54, 1.807) is 27.5 Å². The molecular weight excluding hydrogens is 420 g/mol. The molecular formula is C25H32N4O4. The number of allylic oxidation sites excluding steroid dienone is 1. The van der Waals surface area contributed by atoms with Gasteiger partial charge in [-0.05, 0) is 41.5 Å². The molecule has 0 aromatic heterocycles. The number of hydrogen-bond donors (Lipinski definition) is 3. The molecule has 0 saturated carbocycles. The molecule has 1 aliphatic heterocycles. The molecule has 3 N–H and O–H groups in total. The summed E-state index contributed by atoms with van der Waals surface area (Å²) in [7, 11) is 4.95. The van der Waals surface area contributed by atoms with Gasteiger partial charge in [0.25, 0.3) is 0 Å². The predicted molar refractivity (Wildman–Crippen MR) is 129 cm³/mol. The van der Waals surface area contributed by atoms with E-state index in [4.69, 9.17) is 14.2 Å². The van der Waals surface area contributed by atoms with E-state index >= 15 is 0 Å². The molecule has 2 aromatic rings. The first-order valence-corrected chi connectivity index (χ1v) is 10.8. The average molecular weight is 453 g/mol. The van der Waals surface area contributed by atoms with Crippen LogP contribution in [0.5, 0.6) is 11.5 Å². The summed E-state index contributed by atoms with van der Waals surface area (Å²) in [4.78, 5) is 2.20. The molecule has 176 valence electrons. The zero-order chi connectivity index (χ0) is 23.5. The monoisotopic (exact) mass is 452 g/mol. The van der Waals surface area contributed by atoms with Crippen LogP contribution in [0.2, 0.25) is 0 Å². The summed E-state index contributed by atoms with van der Waals surface area (Å²) in [6, 6.07) is 16.0. The highest BCUT2D eigenvalue weighted by Gasteiger charge is 2.20. The molecule has 0 aliphatic carbocycles. The molecule has 33 heavy (non-hydrogen) atoms. The zero-order valence-corrected chi connectivity index (χ0v) is 19.4. The Kier molecular flexibility index (Phi) is 9.17. The van der Waals surface area contributed by atoms with Crippen LogP contribution in [0, 0.1) is 0 Å². The summed E-state index contributed by atoms with van der Waals surface area (Å²) in [5, 5.41) is 17.1. The lowest BCUT2D eigenvalue weighted by molar-refractivity contribution is 0.294. The quantitative estimate of drug-likeness (QED) is 0.452. The summed E-state index contributed by atoms with van der Waals surface area (Å²) < 4.78 is 16.1. The third kappa shape index (κ3) is 7.00. The second-order valence-corrected chi connectivity index (χ2v) is 7.44. The number of nitrogens with zero attached hydrogens (tertiary/aromatic N) is 2. The van der Waals surface area contributed by atoms with Gasteiger partial charge in [-0.1, -0.05) is 24.3 Å². The predicted octanol–water partition coefficient (Wildman–Crippen LogP) is 2.62. The van der Waals surface area contributed by atoms with Crippen molar-refractivity contribution in [2.45, 2.75) is 13.1 Å². The van der Waals surface area contributed by atoms with Gasteiger partial charge in [-0.25, -0.2) is 0 Å². The van der Waals surface area contributed by atoms with Crippen molar-refractivity contribution in [3.05, 3.63) is 83.3 Å². The van der Waals surface area contributed by atoms with E-state index in [1.165, 1.54) is 0 Å². The molecule has 0 amide bonds. The molecule has 8 heteroatoms. The Hall–Kier alpha value is -3.49. The minimum absolute atomic E-state index is 0.0619. The number of ether oxygens (including phenoxy) is 3. The summed E-state index contributed by atoms with van der Waals surface area (Å²) in [6.07, 6.45) is 3.68. The van der Waals surface area contributed by atoms with Crippen LogP contribution in [0.15, 0.2) is 77.2 Å². The number of hydrazone groups is 1. The lowest BCUT2D eigenvalue weighted by Gasteiger charge is -2.28. The molecule has 0 radical (unpaired) electrons. The molecule has 0 spiro atoms. The molecule has 3 rings (SSSR count). The Morgan fingerprint density at radius 1 is 0.879 bits per heavy atom. The maximum atomic E-state index is 9.21. The van der Waals surface area contributed by atoms with Gasteiger partial charge in [0.15, 0.2) is 5.84 Å². The standard InChI is InChI=1S/C25H32N4O4/c1-31-22-8-4-19(5-9-22)17-29(18-20-6-10-23(32-2)11-7-20)25-21(15-26-12-13-30)14-24(33-3)16-27-28-25/h4-11,14,16,26-27,30H,12-13,15,17-18H2,1-3H3. The molecule has 0 bridgehead atoms. The van der Waals surface area contributed by atoms with Crippen molar-refractivity contribution in [3.8, 4) is 11.5 Å². The number of methoxy groups -OCH3 is 3. The van der Waals surface area contributed by atoms with E-state index in [9.17, 15) is 5.11 Å². The Morgan fingerprint density at radius 2 is 1.45 bits per heavy atom. The van der Waals surface area contributed by atoms with Crippen LogP contribution in [0.25, 0.3) is 0 Å². The van der Waals surface area contributed by atoms with Crippen molar-refractivity contribution in [1.82, 2.24) is 15.6 Å². The van der Waals surface area contributed by atoms with E-state index in [0.29, 0.717) is 31.9 Å². The highest BCUT2D eigenvalue weighted by Crippen LogP contribution is 2.20. The summed E-state index contributed by atoms with van der Waals surface area (Å²) >= 11 is 0. The number of aliphatic hydroxyl groups is 1. The molecule has 2 aromatic carbocycles. The second kappa shape index (κ2) is 12.5. The van der Waals surface area contributed by atoms with Crippen molar-refractivity contribution in [2.24, 2.45) is 5.10 Å². The summed E-state index contributed by atoms with van der Waals surface area (Å²) in [5.41, 5.74) is 6.19. The first-order chi connectivity index (χ1) is 16.2. The van der Waals surface area contributed by atoms with Crippen molar-refractivity contribution in [3.63, 3.8) is 0 Å². The van der Waals surface area contributed by atoms with Gasteiger partial charge in [0.05, 0.1) is 34.1 Å². The van der Waals surface area contributed by atoms with Crippen LogP contribution in [0.3, 0.4) is 0 Å². The molecule has 0 fully saturated rings. The lowest BCUT2D eigenvalue weighted by Crippen LogP contribution is -2.36. The average Bonchev–Trinajstić information content (AvgIpc) is 3.07. The Balaban J connectivity index is 1.92. The van der Waals surface area contributed by atoms with Gasteiger partial charge in [0.1, 0.15) is 17.3 Å². The summed E-state index contributed by atoms with van der Waals surface area (Å²) in [5.74, 6) is 3.09. The van der Waals surface area contributed by atoms with Crippen LogP contribution in [0.4, 0.5) is 0 Å². The molecule has 1 aliphatic rings. The Labute approximate surface area is 195 Å². The Morgan fingerprint density at radius 3 is 1.94 bits per heavy atom. The highest BCUT2D eigenvalue weighted by atomic mass is 16.5. The fraction of sp³-hybridized carbons (Fsp3) is 0.320. The van der Waals surface area contributed by atoms with Crippen LogP contribution in [-0.4, -0.2) is 56.9 Å². The van der Waals surface area contributed by atoms with Gasteiger partial charge < -0.3 is 29.5 Å². The van der Waals surface area contributed by atoms with Crippen LogP contribution in [-0.2, 0) is 17.8 Å². The van der Waals surface area contributed by atoms with Crippen LogP contribution in [0.1, 0.15) is 11.1 Å². The molecule has 8 nitrogen and oxygen atoms in total. The van der Waals surface area contributed by atoms with Crippen LogP contribution >= 0.6 is 0 Å². The topological polar surface area (TPSA) is 87.6 Å². The van der Waals surface area contributed by atoms with E-state index in [-0.39, 0.29) is 6.61 Å². The lowest BCUT2D eigenvalue weighted by atomic mass is 10.1. The van der Waals surface area contributed by atoms with E-state index in [1.807, 2.05) is 30.3 Å². The fourth-order valence-electron chi connectivity index (χ4n) is 3.44. The molecule has 0 unspecified atom stereocenters. The number of aliphatic hydroxyl groups excluding tert-OH is 1. The number of nitrogens with one attached hydrogen (secondary N) is 2. The van der Waals surface area contributed by atoms with Crippen molar-refractivity contribution in [2.75, 3.05) is 41.0 Å². The van der Waals surface area contributed by atoms with E-state index in [2.05, 4.69) is 45.0 Å². The number of amidine groups is 1. The highest BCUT2D eigenvalue weighted by molar-refractivity contribution is 5.99. The van der Waals surface area contributed by atoms with Gasteiger partial charge in [-0.15, -0.1) is 0 Å². The third-order valence-electron chi connectivity index (χ3n) is 5.19. The minimum Gasteiger partial charge on any atom is -0.497 e. The van der Waals surface area contributed by atoms with Crippen molar-refractivity contribution < 1.29 is 19.3 Å². The molecule has 0 atom stereocenters. The maximum absolute atomic E-state index is 9.21. The fourth-order valence-corrected chi connectivity index (χ4v) is 3.44. The second-order valence-electron chi connectivity index (χ2n) is 7.44. The van der Waals surface area contributed by atoms with Crippen molar-refractivity contribution >= 4 is 5.84 Å². The number of hydrogen-bond acceptors (Lipinski definition) is 8. The van der Waals surface area contributed by atoms with E-state index < -0.39 is 0 Å². The summed E-state index contributed by atoms with van der Waals surface area (Å²) in [6.45, 7) is 2.35. The van der Waals surface area contributed by atoms with Gasteiger partial charge in [0, 0.05) is 31.8 Å². The van der Waals surface area contributed by atoms with Crippen LogP contribution < -0.4 is 20.2 Å². The largest absolute Gasteiger partial charge is 0.497 e. The Bertz CT molecular complexity index is 919. The number of benzene rings is 2. The van der Waals surface area contributed by atoms with Gasteiger partial charge in [-0.2, -0.15) is 5.10 Å². The van der Waals surface area contributed by atoms with E-state index in [0.717, 1.165) is 34.0 Å². The minimum atomic E-state index is 0.0619. The first kappa shape index (κ1) is 24.2. The van der Waals surface area contributed by atoms with Gasteiger partial charge >= 0.3 is 0 Å². The number of rotatable bonds is 11. The smallest absolute Gasteiger partial charge is 0.154 e. The van der Waals surface area contributed by atoms with Gasteiger partial charge in [0.2, 0.25) is 0 Å². The SMILES string of the molecule is COC1=CNN=C(N(Cc2ccc(OC)cc2)Cc2ccc(OC)cc2)C(CNCCO)=C1. The molecule has 0 saturated heterocycles. The van der Waals surface area contributed by atoms with Gasteiger partial charge in [-0.3, -0.25) is 5.43 Å². The normalized spacial score (nSPS) is 13.2. The van der Waals surface area contributed by atoms with Crippen molar-refractivity contribution in [1.29, 1.82) is 0 Å².